The largest absolute Gasteiger partial charge is 0.354 e. The van der Waals surface area contributed by atoms with Crippen LogP contribution in [-0.2, 0) is 6.54 Å². The lowest BCUT2D eigenvalue weighted by atomic mass is 10.0. The minimum atomic E-state index is 0.103. The number of hydrogen-bond donors (Lipinski definition) is 1. The first-order valence-corrected chi connectivity index (χ1v) is 11.0. The maximum absolute atomic E-state index is 13.4. The molecule has 148 valence electrons. The Kier molecular flexibility index (Phi) is 4.89. The minimum absolute atomic E-state index is 0.103. The summed E-state index contributed by atoms with van der Waals surface area (Å²) in [5.41, 5.74) is 5.70. The van der Waals surface area contributed by atoms with Crippen LogP contribution in [0.2, 0.25) is 0 Å². The fraction of sp³-hybridized carbons (Fsp3) is 0.120. The second kappa shape index (κ2) is 7.84. The van der Waals surface area contributed by atoms with Gasteiger partial charge in [0.15, 0.2) is 10.9 Å². The van der Waals surface area contributed by atoms with Gasteiger partial charge >= 0.3 is 0 Å². The number of nitrogens with zero attached hydrogens (tertiary/aromatic N) is 2. The fourth-order valence-corrected chi connectivity index (χ4v) is 4.88. The number of imidazole rings is 1. The predicted molar refractivity (Wildman–Crippen MR) is 124 cm³/mol. The van der Waals surface area contributed by atoms with E-state index in [1.54, 1.807) is 0 Å². The molecule has 0 atom stereocenters. The van der Waals surface area contributed by atoms with Crippen molar-refractivity contribution >= 4 is 39.5 Å². The second-order valence-electron chi connectivity index (χ2n) is 7.13. The Hall–Kier alpha value is -3.31. The van der Waals surface area contributed by atoms with Crippen molar-refractivity contribution in [1.29, 1.82) is 0 Å². The van der Waals surface area contributed by atoms with E-state index in [0.717, 1.165) is 50.5 Å². The van der Waals surface area contributed by atoms with E-state index >= 15 is 0 Å². The van der Waals surface area contributed by atoms with E-state index in [1.165, 1.54) is 11.8 Å². The Morgan fingerprint density at radius 3 is 2.53 bits per heavy atom. The molecule has 5 aromatic rings. The fourth-order valence-electron chi connectivity index (χ4n) is 3.92. The number of ketones is 1. The molecule has 2 heterocycles. The highest BCUT2D eigenvalue weighted by atomic mass is 32.2. The van der Waals surface area contributed by atoms with Crippen molar-refractivity contribution in [2.75, 3.05) is 5.75 Å². The lowest BCUT2D eigenvalue weighted by molar-refractivity contribution is 0.102. The number of fused-ring (bicyclic) bond motifs is 2. The molecule has 2 aromatic heterocycles. The van der Waals surface area contributed by atoms with Crippen molar-refractivity contribution < 1.29 is 4.79 Å². The van der Waals surface area contributed by atoms with Gasteiger partial charge in [-0.25, -0.2) is 4.98 Å². The molecule has 0 radical (unpaired) electrons. The normalized spacial score (nSPS) is 11.4. The third-order valence-electron chi connectivity index (χ3n) is 5.32. The minimum Gasteiger partial charge on any atom is -0.354 e. The first kappa shape index (κ1) is 18.7. The number of aromatic amines is 1. The smallest absolute Gasteiger partial charge is 0.175 e. The summed E-state index contributed by atoms with van der Waals surface area (Å²) in [6.45, 7) is 2.92. The van der Waals surface area contributed by atoms with E-state index in [0.29, 0.717) is 5.75 Å². The van der Waals surface area contributed by atoms with Crippen LogP contribution in [0.1, 0.15) is 17.3 Å². The van der Waals surface area contributed by atoms with E-state index in [4.69, 9.17) is 4.98 Å². The van der Waals surface area contributed by atoms with E-state index in [9.17, 15) is 4.79 Å². The number of Topliss-reactive ketones (excluding diaryl/α,β-unsaturated/α-hetero) is 1. The summed E-state index contributed by atoms with van der Waals surface area (Å²) < 4.78 is 2.17. The highest BCUT2D eigenvalue weighted by Gasteiger charge is 2.20. The Labute approximate surface area is 179 Å². The standard InChI is InChI=1S/C25H21N3OS/c1-2-28-21-15-9-8-14-20(21)27-25(28)30-16-22(29)23-18-12-6-7-13-19(18)26-24(23)17-10-4-3-5-11-17/h3-15,26H,2,16H2,1H3. The molecule has 30 heavy (non-hydrogen) atoms. The second-order valence-corrected chi connectivity index (χ2v) is 8.07. The number of rotatable bonds is 6. The van der Waals surface area contributed by atoms with Gasteiger partial charge in [0.25, 0.3) is 0 Å². The molecule has 0 saturated carbocycles. The van der Waals surface area contributed by atoms with Crippen LogP contribution in [0.25, 0.3) is 33.2 Å². The van der Waals surface area contributed by atoms with Gasteiger partial charge in [0, 0.05) is 17.4 Å². The van der Waals surface area contributed by atoms with Gasteiger partial charge in [-0.3, -0.25) is 4.79 Å². The lowest BCUT2D eigenvalue weighted by Crippen LogP contribution is -2.05. The maximum atomic E-state index is 13.4. The number of benzene rings is 3. The molecule has 0 unspecified atom stereocenters. The lowest BCUT2D eigenvalue weighted by Gasteiger charge is -2.07. The van der Waals surface area contributed by atoms with Gasteiger partial charge in [0.05, 0.1) is 28.0 Å². The summed E-state index contributed by atoms with van der Waals surface area (Å²) in [5.74, 6) is 0.441. The van der Waals surface area contributed by atoms with Gasteiger partial charge in [0.2, 0.25) is 0 Å². The van der Waals surface area contributed by atoms with E-state index < -0.39 is 0 Å². The summed E-state index contributed by atoms with van der Waals surface area (Å²) in [7, 11) is 0. The van der Waals surface area contributed by atoms with Gasteiger partial charge in [-0.15, -0.1) is 0 Å². The number of H-pyrrole nitrogens is 1. The van der Waals surface area contributed by atoms with Crippen LogP contribution < -0.4 is 0 Å². The molecule has 4 nitrogen and oxygen atoms in total. The number of nitrogens with one attached hydrogen (secondary N) is 1. The summed E-state index contributed by atoms with van der Waals surface area (Å²) in [5, 5.41) is 1.85. The SMILES string of the molecule is CCn1c(SCC(=O)c2c(-c3ccccc3)[nH]c3ccccc23)nc2ccccc21. The Morgan fingerprint density at radius 1 is 0.967 bits per heavy atom. The van der Waals surface area contributed by atoms with E-state index in [2.05, 4.69) is 22.5 Å². The molecule has 0 bridgehead atoms. The quantitative estimate of drug-likeness (QED) is 0.268. The van der Waals surface area contributed by atoms with Crippen LogP contribution in [0.3, 0.4) is 0 Å². The van der Waals surface area contributed by atoms with Gasteiger partial charge in [-0.2, -0.15) is 0 Å². The van der Waals surface area contributed by atoms with Gasteiger partial charge in [-0.05, 0) is 30.7 Å². The van der Waals surface area contributed by atoms with Crippen molar-refractivity contribution in [2.24, 2.45) is 0 Å². The third-order valence-corrected chi connectivity index (χ3v) is 6.29. The highest BCUT2D eigenvalue weighted by molar-refractivity contribution is 7.99. The summed E-state index contributed by atoms with van der Waals surface area (Å²) >= 11 is 1.50. The third kappa shape index (κ3) is 3.21. The Morgan fingerprint density at radius 2 is 1.70 bits per heavy atom. The molecule has 0 saturated heterocycles. The number of hydrogen-bond acceptors (Lipinski definition) is 3. The molecule has 5 heteroatoms. The number of aryl methyl sites for hydroxylation is 1. The van der Waals surface area contributed by atoms with Gasteiger partial charge in [0.1, 0.15) is 0 Å². The number of para-hydroxylation sites is 3. The summed E-state index contributed by atoms with van der Waals surface area (Å²) in [4.78, 5) is 21.6. The average molecular weight is 412 g/mol. The number of carbonyl (C=O) groups is 1. The molecular formula is C25H21N3OS. The van der Waals surface area contributed by atoms with E-state index in [-0.39, 0.29) is 5.78 Å². The predicted octanol–water partition coefficient (Wildman–Crippen LogP) is 6.18. The van der Waals surface area contributed by atoms with Crippen molar-refractivity contribution in [1.82, 2.24) is 14.5 Å². The maximum Gasteiger partial charge on any atom is 0.175 e. The Bertz CT molecular complexity index is 1350. The van der Waals surface area contributed by atoms with Crippen LogP contribution >= 0.6 is 11.8 Å². The molecule has 3 aromatic carbocycles. The molecule has 1 N–H and O–H groups in total. The highest BCUT2D eigenvalue weighted by Crippen LogP contribution is 2.32. The number of carbonyl (C=O) groups excluding carboxylic acids is 1. The van der Waals surface area contributed by atoms with Crippen LogP contribution in [0.4, 0.5) is 0 Å². The summed E-state index contributed by atoms with van der Waals surface area (Å²) in [6, 6.07) is 26.1. The monoisotopic (exact) mass is 411 g/mol. The van der Waals surface area contributed by atoms with Crippen LogP contribution in [0, 0.1) is 0 Å². The van der Waals surface area contributed by atoms with Crippen molar-refractivity contribution in [3.05, 3.63) is 84.4 Å². The van der Waals surface area contributed by atoms with Gasteiger partial charge < -0.3 is 9.55 Å². The molecule has 0 aliphatic carbocycles. The molecular weight excluding hydrogens is 390 g/mol. The topological polar surface area (TPSA) is 50.7 Å². The first-order chi connectivity index (χ1) is 14.8. The Balaban J connectivity index is 1.51. The molecule has 0 spiro atoms. The zero-order valence-corrected chi connectivity index (χ0v) is 17.4. The molecule has 0 aliphatic rings. The van der Waals surface area contributed by atoms with Crippen molar-refractivity contribution in [3.8, 4) is 11.3 Å². The summed E-state index contributed by atoms with van der Waals surface area (Å²) in [6.07, 6.45) is 0. The van der Waals surface area contributed by atoms with Crippen molar-refractivity contribution in [3.63, 3.8) is 0 Å². The van der Waals surface area contributed by atoms with E-state index in [1.807, 2.05) is 72.8 Å². The van der Waals surface area contributed by atoms with Crippen LogP contribution in [0.5, 0.6) is 0 Å². The molecule has 5 rings (SSSR count). The van der Waals surface area contributed by atoms with Crippen molar-refractivity contribution in [2.45, 2.75) is 18.6 Å². The van der Waals surface area contributed by atoms with Crippen LogP contribution in [0.15, 0.2) is 84.0 Å². The van der Waals surface area contributed by atoms with Crippen LogP contribution in [-0.4, -0.2) is 26.1 Å². The number of thioether (sulfide) groups is 1. The number of aromatic nitrogens is 3. The molecule has 0 fully saturated rings. The molecule has 0 amide bonds. The average Bonchev–Trinajstić information content (AvgIpc) is 3.36. The zero-order valence-electron chi connectivity index (χ0n) is 16.6. The molecule has 0 aliphatic heterocycles. The zero-order chi connectivity index (χ0) is 20.5. The van der Waals surface area contributed by atoms with Gasteiger partial charge in [-0.1, -0.05) is 72.4 Å². The first-order valence-electron chi connectivity index (χ1n) is 10.0.